The predicted molar refractivity (Wildman–Crippen MR) is 88.4 cm³/mol. The number of aliphatic hydroxyl groups is 1. The van der Waals surface area contributed by atoms with Crippen LogP contribution in [0.25, 0.3) is 6.08 Å². The number of carbonyl (C=O) groups excluding carboxylic acids is 2. The maximum absolute atomic E-state index is 12.3. The Morgan fingerprint density at radius 1 is 1.26 bits per heavy atom. The second-order valence-corrected chi connectivity index (χ2v) is 5.43. The first-order valence-electron chi connectivity index (χ1n) is 6.81. The van der Waals surface area contributed by atoms with E-state index in [1.165, 1.54) is 12.3 Å². The molecule has 0 saturated carbocycles. The molecule has 0 spiro atoms. The molecule has 2 aromatic rings. The van der Waals surface area contributed by atoms with Gasteiger partial charge in [0.2, 0.25) is 0 Å². The van der Waals surface area contributed by atoms with Crippen LogP contribution in [0.2, 0.25) is 0 Å². The van der Waals surface area contributed by atoms with Crippen LogP contribution in [0.15, 0.2) is 57.2 Å². The molecule has 1 heterocycles. The molecule has 120 valence electrons. The van der Waals surface area contributed by atoms with E-state index in [2.05, 4.69) is 26.6 Å². The Morgan fingerprint density at radius 2 is 2.09 bits per heavy atom. The van der Waals surface area contributed by atoms with Crippen LogP contribution in [0.3, 0.4) is 0 Å². The fourth-order valence-corrected chi connectivity index (χ4v) is 2.16. The third kappa shape index (κ3) is 5.08. The van der Waals surface area contributed by atoms with Gasteiger partial charge in [0.1, 0.15) is 11.5 Å². The molecule has 0 aliphatic rings. The number of carbonyl (C=O) groups is 2. The number of rotatable bonds is 6. The van der Waals surface area contributed by atoms with Crippen molar-refractivity contribution in [2.24, 2.45) is 0 Å². The molecule has 7 heteroatoms. The Labute approximate surface area is 141 Å². The lowest BCUT2D eigenvalue weighted by Gasteiger charge is -2.10. The molecule has 1 aromatic heterocycles. The molecule has 0 aliphatic heterocycles. The summed E-state index contributed by atoms with van der Waals surface area (Å²) in [7, 11) is 0. The molecular weight excluding hydrogens is 364 g/mol. The highest BCUT2D eigenvalue weighted by molar-refractivity contribution is 9.10. The van der Waals surface area contributed by atoms with Crippen molar-refractivity contribution in [2.45, 2.75) is 0 Å². The van der Waals surface area contributed by atoms with E-state index in [-0.39, 0.29) is 18.8 Å². The summed E-state index contributed by atoms with van der Waals surface area (Å²) in [5.41, 5.74) is 0.429. The van der Waals surface area contributed by atoms with Crippen molar-refractivity contribution in [1.82, 2.24) is 10.6 Å². The second-order valence-electron chi connectivity index (χ2n) is 4.52. The summed E-state index contributed by atoms with van der Waals surface area (Å²) in [6, 6.07) is 10.1. The highest BCUT2D eigenvalue weighted by Gasteiger charge is 2.15. The van der Waals surface area contributed by atoms with Crippen molar-refractivity contribution >= 4 is 33.8 Å². The van der Waals surface area contributed by atoms with Crippen LogP contribution >= 0.6 is 15.9 Å². The highest BCUT2D eigenvalue weighted by atomic mass is 79.9. The van der Waals surface area contributed by atoms with E-state index in [0.29, 0.717) is 11.3 Å². The van der Waals surface area contributed by atoms with Gasteiger partial charge in [-0.25, -0.2) is 0 Å². The minimum atomic E-state index is -0.515. The SMILES string of the molecule is O=C(NCCO)/C(=C/c1ccco1)NC(=O)c1cccc(Br)c1. The largest absolute Gasteiger partial charge is 0.465 e. The number of hydrogen-bond donors (Lipinski definition) is 3. The second kappa shape index (κ2) is 8.30. The number of amides is 2. The van der Waals surface area contributed by atoms with Crippen molar-refractivity contribution in [3.63, 3.8) is 0 Å². The van der Waals surface area contributed by atoms with Gasteiger partial charge in [-0.3, -0.25) is 9.59 Å². The molecule has 0 unspecified atom stereocenters. The lowest BCUT2D eigenvalue weighted by atomic mass is 10.2. The Kier molecular flexibility index (Phi) is 6.13. The summed E-state index contributed by atoms with van der Waals surface area (Å²) in [5, 5.41) is 13.8. The van der Waals surface area contributed by atoms with Gasteiger partial charge in [0, 0.05) is 22.7 Å². The average molecular weight is 379 g/mol. The molecule has 0 atom stereocenters. The zero-order valence-electron chi connectivity index (χ0n) is 12.1. The zero-order chi connectivity index (χ0) is 16.7. The monoisotopic (exact) mass is 378 g/mol. The molecule has 0 fully saturated rings. The van der Waals surface area contributed by atoms with Crippen molar-refractivity contribution in [3.8, 4) is 0 Å². The van der Waals surface area contributed by atoms with E-state index >= 15 is 0 Å². The van der Waals surface area contributed by atoms with E-state index in [1.54, 1.807) is 36.4 Å². The van der Waals surface area contributed by atoms with Crippen molar-refractivity contribution < 1.29 is 19.1 Å². The van der Waals surface area contributed by atoms with Crippen molar-refractivity contribution in [2.75, 3.05) is 13.2 Å². The molecule has 0 bridgehead atoms. The van der Waals surface area contributed by atoms with Crippen LogP contribution in [-0.4, -0.2) is 30.1 Å². The van der Waals surface area contributed by atoms with Gasteiger partial charge < -0.3 is 20.2 Å². The number of aliphatic hydroxyl groups excluding tert-OH is 1. The lowest BCUT2D eigenvalue weighted by Crippen LogP contribution is -2.36. The third-order valence-electron chi connectivity index (χ3n) is 2.81. The number of furan rings is 1. The predicted octanol–water partition coefficient (Wildman–Crippen LogP) is 1.92. The van der Waals surface area contributed by atoms with Crippen LogP contribution in [-0.2, 0) is 4.79 Å². The summed E-state index contributed by atoms with van der Waals surface area (Å²) in [6.07, 6.45) is 2.88. The molecule has 3 N–H and O–H groups in total. The summed E-state index contributed by atoms with van der Waals surface area (Å²) >= 11 is 3.29. The fraction of sp³-hybridized carbons (Fsp3) is 0.125. The number of nitrogens with one attached hydrogen (secondary N) is 2. The topological polar surface area (TPSA) is 91.6 Å². The standard InChI is InChI=1S/C16H15BrN2O4/c17-12-4-1-3-11(9-12)15(21)19-14(16(22)18-6-7-20)10-13-5-2-8-23-13/h1-5,8-10,20H,6-7H2,(H,18,22)(H,19,21)/b14-10-. The van der Waals surface area contributed by atoms with E-state index in [1.807, 2.05) is 0 Å². The van der Waals surface area contributed by atoms with Crippen molar-refractivity contribution in [1.29, 1.82) is 0 Å². The van der Waals surface area contributed by atoms with Gasteiger partial charge in [-0.05, 0) is 30.3 Å². The highest BCUT2D eigenvalue weighted by Crippen LogP contribution is 2.12. The van der Waals surface area contributed by atoms with Gasteiger partial charge in [0.05, 0.1) is 12.9 Å². The first-order valence-corrected chi connectivity index (χ1v) is 7.60. The average Bonchev–Trinajstić information content (AvgIpc) is 3.05. The molecule has 0 aliphatic carbocycles. The minimum Gasteiger partial charge on any atom is -0.465 e. The molecule has 0 saturated heterocycles. The normalized spacial score (nSPS) is 11.1. The first-order chi connectivity index (χ1) is 11.1. The van der Waals surface area contributed by atoms with E-state index in [4.69, 9.17) is 9.52 Å². The fourth-order valence-electron chi connectivity index (χ4n) is 1.76. The molecule has 0 radical (unpaired) electrons. The van der Waals surface area contributed by atoms with E-state index in [9.17, 15) is 9.59 Å². The number of hydrogen-bond acceptors (Lipinski definition) is 4. The quantitative estimate of drug-likeness (QED) is 0.669. The van der Waals surface area contributed by atoms with Crippen molar-refractivity contribution in [3.05, 3.63) is 64.2 Å². The summed E-state index contributed by atoms with van der Waals surface area (Å²) in [5.74, 6) is -0.518. The van der Waals surface area contributed by atoms with Crippen LogP contribution in [0.5, 0.6) is 0 Å². The molecular formula is C16H15BrN2O4. The molecule has 2 amide bonds. The van der Waals surface area contributed by atoms with Crippen LogP contribution in [0, 0.1) is 0 Å². The van der Waals surface area contributed by atoms with Gasteiger partial charge in [0.25, 0.3) is 11.8 Å². The lowest BCUT2D eigenvalue weighted by molar-refractivity contribution is -0.117. The molecule has 6 nitrogen and oxygen atoms in total. The maximum Gasteiger partial charge on any atom is 0.268 e. The molecule has 23 heavy (non-hydrogen) atoms. The summed E-state index contributed by atoms with van der Waals surface area (Å²) < 4.78 is 5.92. The minimum absolute atomic E-state index is 0.0263. The Morgan fingerprint density at radius 3 is 2.74 bits per heavy atom. The Bertz CT molecular complexity index is 711. The maximum atomic E-state index is 12.3. The zero-order valence-corrected chi connectivity index (χ0v) is 13.7. The van der Waals surface area contributed by atoms with E-state index in [0.717, 1.165) is 4.47 Å². The molecule has 2 rings (SSSR count). The van der Waals surface area contributed by atoms with Crippen LogP contribution in [0.4, 0.5) is 0 Å². The van der Waals surface area contributed by atoms with Gasteiger partial charge in [-0.15, -0.1) is 0 Å². The van der Waals surface area contributed by atoms with E-state index < -0.39 is 11.8 Å². The smallest absolute Gasteiger partial charge is 0.268 e. The summed E-state index contributed by atoms with van der Waals surface area (Å²) in [4.78, 5) is 24.4. The van der Waals surface area contributed by atoms with Gasteiger partial charge in [-0.2, -0.15) is 0 Å². The number of benzene rings is 1. The Balaban J connectivity index is 2.20. The van der Waals surface area contributed by atoms with Gasteiger partial charge in [0.15, 0.2) is 0 Å². The van der Waals surface area contributed by atoms with Crippen LogP contribution in [0.1, 0.15) is 16.1 Å². The van der Waals surface area contributed by atoms with Gasteiger partial charge in [-0.1, -0.05) is 22.0 Å². The third-order valence-corrected chi connectivity index (χ3v) is 3.30. The first kappa shape index (κ1) is 17.0. The van der Waals surface area contributed by atoms with Crippen LogP contribution < -0.4 is 10.6 Å². The Hall–Kier alpha value is -2.38. The van der Waals surface area contributed by atoms with Gasteiger partial charge >= 0.3 is 0 Å². The number of halogens is 1. The molecule has 1 aromatic carbocycles. The summed E-state index contributed by atoms with van der Waals surface area (Å²) in [6.45, 7) is -0.111.